The molecule has 0 aromatic rings. The van der Waals surface area contributed by atoms with Gasteiger partial charge in [-0.1, -0.05) is 12.8 Å². The van der Waals surface area contributed by atoms with Crippen molar-refractivity contribution < 1.29 is 13.5 Å². The van der Waals surface area contributed by atoms with E-state index in [0.29, 0.717) is 12.0 Å². The molecule has 1 aliphatic heterocycles. The molecule has 16 heavy (non-hydrogen) atoms. The van der Waals surface area contributed by atoms with Gasteiger partial charge in [-0.15, -0.1) is 0 Å². The molecule has 0 aromatic carbocycles. The third kappa shape index (κ3) is 2.76. The quantitative estimate of drug-likeness (QED) is 0.753. The Bertz CT molecular complexity index is 335. The van der Waals surface area contributed by atoms with Crippen molar-refractivity contribution in [1.29, 1.82) is 0 Å². The Morgan fingerprint density at radius 3 is 2.38 bits per heavy atom. The number of sulfone groups is 1. The molecule has 1 saturated carbocycles. The van der Waals surface area contributed by atoms with Crippen LogP contribution in [0.4, 0.5) is 0 Å². The van der Waals surface area contributed by atoms with Crippen LogP contribution in [-0.2, 0) is 9.84 Å². The Hall–Kier alpha value is -0.130. The van der Waals surface area contributed by atoms with Gasteiger partial charge in [-0.25, -0.2) is 8.42 Å². The molecule has 1 heterocycles. The van der Waals surface area contributed by atoms with E-state index < -0.39 is 15.9 Å². The molecule has 2 fully saturated rings. The summed E-state index contributed by atoms with van der Waals surface area (Å²) < 4.78 is 22.7. The zero-order valence-electron chi connectivity index (χ0n) is 9.72. The average molecular weight is 247 g/mol. The van der Waals surface area contributed by atoms with Crippen LogP contribution in [0, 0.1) is 5.92 Å². The Balaban J connectivity index is 1.89. The lowest BCUT2D eigenvalue weighted by Gasteiger charge is -2.25. The normalized spacial score (nSPS) is 36.6. The number of hydrogen-bond acceptors (Lipinski definition) is 4. The fraction of sp³-hybridized carbons (Fsp3) is 1.00. The van der Waals surface area contributed by atoms with E-state index in [1.807, 2.05) is 0 Å². The van der Waals surface area contributed by atoms with Crippen LogP contribution < -0.4 is 5.32 Å². The lowest BCUT2D eigenvalue weighted by molar-refractivity contribution is 0.153. The zero-order valence-corrected chi connectivity index (χ0v) is 10.5. The average Bonchev–Trinajstić information content (AvgIpc) is 2.74. The van der Waals surface area contributed by atoms with Gasteiger partial charge < -0.3 is 10.4 Å². The van der Waals surface area contributed by atoms with Crippen molar-refractivity contribution in [3.8, 4) is 0 Å². The second-order valence-electron chi connectivity index (χ2n) is 5.25. The van der Waals surface area contributed by atoms with Crippen molar-refractivity contribution >= 4 is 9.84 Å². The van der Waals surface area contributed by atoms with Crippen molar-refractivity contribution in [2.45, 2.75) is 50.8 Å². The minimum absolute atomic E-state index is 0.0813. The fourth-order valence-electron chi connectivity index (χ4n) is 2.92. The lowest BCUT2D eigenvalue weighted by Crippen LogP contribution is -2.46. The molecule has 5 heteroatoms. The minimum atomic E-state index is -3.03. The maximum atomic E-state index is 11.4. The number of aliphatic hydroxyl groups is 1. The standard InChI is InChI=1S/C11H21NO3S/c1-8(9-4-2-3-5-9)12-10-6-16(14,15)7-11(10)13/h8-13H,2-7H2,1H3. The Morgan fingerprint density at radius 1 is 1.25 bits per heavy atom. The van der Waals surface area contributed by atoms with Crippen LogP contribution in [0.5, 0.6) is 0 Å². The van der Waals surface area contributed by atoms with E-state index in [1.54, 1.807) is 0 Å². The molecule has 0 aromatic heterocycles. The van der Waals surface area contributed by atoms with Crippen LogP contribution in [0.15, 0.2) is 0 Å². The molecular formula is C11H21NO3S. The second-order valence-corrected chi connectivity index (χ2v) is 7.40. The highest BCUT2D eigenvalue weighted by Crippen LogP contribution is 2.28. The summed E-state index contributed by atoms with van der Waals surface area (Å²) in [5.41, 5.74) is 0. The van der Waals surface area contributed by atoms with Crippen molar-refractivity contribution in [3.63, 3.8) is 0 Å². The first-order valence-electron chi connectivity index (χ1n) is 6.12. The summed E-state index contributed by atoms with van der Waals surface area (Å²) in [5.74, 6) is 0.656. The minimum Gasteiger partial charge on any atom is -0.390 e. The monoisotopic (exact) mass is 247 g/mol. The molecule has 4 nitrogen and oxygen atoms in total. The fourth-order valence-corrected chi connectivity index (χ4v) is 4.67. The first-order chi connectivity index (χ1) is 7.48. The molecule has 0 spiro atoms. The van der Waals surface area contributed by atoms with E-state index in [0.717, 1.165) is 0 Å². The first kappa shape index (κ1) is 12.3. The SMILES string of the molecule is CC(NC1CS(=O)(=O)CC1O)C1CCCC1. The van der Waals surface area contributed by atoms with E-state index in [9.17, 15) is 13.5 Å². The molecule has 1 aliphatic carbocycles. The summed E-state index contributed by atoms with van der Waals surface area (Å²) >= 11 is 0. The maximum Gasteiger partial charge on any atom is 0.154 e. The van der Waals surface area contributed by atoms with Gasteiger partial charge in [0.2, 0.25) is 0 Å². The van der Waals surface area contributed by atoms with Crippen LogP contribution in [-0.4, -0.2) is 43.2 Å². The summed E-state index contributed by atoms with van der Waals surface area (Å²) in [6.45, 7) is 2.10. The molecule has 3 unspecified atom stereocenters. The molecule has 2 rings (SSSR count). The molecule has 3 atom stereocenters. The summed E-state index contributed by atoms with van der Waals surface area (Å²) in [6.07, 6.45) is 4.28. The number of aliphatic hydroxyl groups excluding tert-OH is 1. The molecule has 94 valence electrons. The van der Waals surface area contributed by atoms with Gasteiger partial charge in [-0.2, -0.15) is 0 Å². The van der Waals surface area contributed by atoms with Crippen molar-refractivity contribution in [2.75, 3.05) is 11.5 Å². The topological polar surface area (TPSA) is 66.4 Å². The molecule has 0 radical (unpaired) electrons. The Morgan fingerprint density at radius 2 is 1.88 bits per heavy atom. The molecule has 2 N–H and O–H groups in total. The second kappa shape index (κ2) is 4.63. The van der Waals surface area contributed by atoms with Crippen LogP contribution in [0.2, 0.25) is 0 Å². The highest BCUT2D eigenvalue weighted by atomic mass is 32.2. The van der Waals surface area contributed by atoms with Gasteiger partial charge in [0.1, 0.15) is 0 Å². The van der Waals surface area contributed by atoms with Gasteiger partial charge in [-0.3, -0.25) is 0 Å². The van der Waals surface area contributed by atoms with Crippen molar-refractivity contribution in [3.05, 3.63) is 0 Å². The number of nitrogens with one attached hydrogen (secondary N) is 1. The van der Waals surface area contributed by atoms with Gasteiger partial charge in [-0.05, 0) is 25.7 Å². The van der Waals surface area contributed by atoms with Gasteiger partial charge in [0.05, 0.1) is 17.6 Å². The predicted molar refractivity (Wildman–Crippen MR) is 63.0 cm³/mol. The summed E-state index contributed by atoms with van der Waals surface area (Å²) in [7, 11) is -3.03. The van der Waals surface area contributed by atoms with Crippen molar-refractivity contribution in [1.82, 2.24) is 5.32 Å². The van der Waals surface area contributed by atoms with Gasteiger partial charge in [0, 0.05) is 12.1 Å². The van der Waals surface area contributed by atoms with Crippen LogP contribution in [0.25, 0.3) is 0 Å². The van der Waals surface area contributed by atoms with E-state index in [2.05, 4.69) is 12.2 Å². The van der Waals surface area contributed by atoms with Crippen LogP contribution in [0.1, 0.15) is 32.6 Å². The lowest BCUT2D eigenvalue weighted by atomic mass is 9.98. The molecule has 2 aliphatic rings. The third-order valence-electron chi connectivity index (χ3n) is 3.91. The highest BCUT2D eigenvalue weighted by molar-refractivity contribution is 7.91. The predicted octanol–water partition coefficient (Wildman–Crippen LogP) is 0.313. The van der Waals surface area contributed by atoms with Crippen LogP contribution in [0.3, 0.4) is 0 Å². The highest BCUT2D eigenvalue weighted by Gasteiger charge is 2.37. The van der Waals surface area contributed by atoms with Gasteiger partial charge >= 0.3 is 0 Å². The van der Waals surface area contributed by atoms with E-state index >= 15 is 0 Å². The van der Waals surface area contributed by atoms with Crippen molar-refractivity contribution in [2.24, 2.45) is 5.92 Å². The molecule has 0 bridgehead atoms. The Labute approximate surface area is 97.3 Å². The largest absolute Gasteiger partial charge is 0.390 e. The summed E-state index contributed by atoms with van der Waals surface area (Å²) in [4.78, 5) is 0. The van der Waals surface area contributed by atoms with E-state index in [4.69, 9.17) is 0 Å². The first-order valence-corrected chi connectivity index (χ1v) is 7.94. The molecular weight excluding hydrogens is 226 g/mol. The number of rotatable bonds is 3. The summed E-state index contributed by atoms with van der Waals surface area (Å²) in [6, 6.07) is 0.0519. The molecule has 0 amide bonds. The van der Waals surface area contributed by atoms with Gasteiger partial charge in [0.15, 0.2) is 9.84 Å². The Kier molecular flexibility index (Phi) is 3.56. The maximum absolute atomic E-state index is 11.4. The summed E-state index contributed by atoms with van der Waals surface area (Å²) in [5, 5.41) is 13.0. The zero-order chi connectivity index (χ0) is 11.8. The third-order valence-corrected chi connectivity index (χ3v) is 5.62. The van der Waals surface area contributed by atoms with E-state index in [-0.39, 0.29) is 17.5 Å². The van der Waals surface area contributed by atoms with Gasteiger partial charge in [0.25, 0.3) is 0 Å². The van der Waals surface area contributed by atoms with E-state index in [1.165, 1.54) is 25.7 Å². The number of hydrogen-bond donors (Lipinski definition) is 2. The molecule has 1 saturated heterocycles. The smallest absolute Gasteiger partial charge is 0.154 e. The van der Waals surface area contributed by atoms with Crippen LogP contribution >= 0.6 is 0 Å².